The van der Waals surface area contributed by atoms with Crippen LogP contribution in [0, 0.1) is 0 Å². The summed E-state index contributed by atoms with van der Waals surface area (Å²) in [5.74, 6) is -0.0142. The van der Waals surface area contributed by atoms with Gasteiger partial charge in [0.1, 0.15) is 6.61 Å². The van der Waals surface area contributed by atoms with Crippen molar-refractivity contribution in [3.05, 3.63) is 45.9 Å². The van der Waals surface area contributed by atoms with Gasteiger partial charge < -0.3 is 15.4 Å². The van der Waals surface area contributed by atoms with E-state index in [0.717, 1.165) is 9.35 Å². The Kier molecular flexibility index (Phi) is 7.02. The molecule has 0 aliphatic rings. The number of alkyl carbamates (subject to hydrolysis) is 1. The summed E-state index contributed by atoms with van der Waals surface area (Å²) in [5, 5.41) is 6.17. The Morgan fingerprint density at radius 2 is 2.04 bits per heavy atom. The number of hydrogen-bond donors (Lipinski definition) is 2. The number of anilines is 1. The van der Waals surface area contributed by atoms with E-state index < -0.39 is 6.09 Å². The van der Waals surface area contributed by atoms with Crippen molar-refractivity contribution >= 4 is 44.3 Å². The van der Waals surface area contributed by atoms with Gasteiger partial charge in [-0.15, -0.1) is 0 Å². The van der Waals surface area contributed by atoms with Crippen LogP contribution in [0.5, 0.6) is 0 Å². The van der Waals surface area contributed by atoms with E-state index in [-0.39, 0.29) is 31.9 Å². The molecule has 1 aromatic heterocycles. The van der Waals surface area contributed by atoms with Crippen LogP contribution in [0.3, 0.4) is 0 Å². The van der Waals surface area contributed by atoms with Crippen molar-refractivity contribution in [1.29, 1.82) is 0 Å². The molecule has 122 valence electrons. The lowest BCUT2D eigenvalue weighted by atomic mass is 10.2. The highest BCUT2D eigenvalue weighted by Gasteiger charge is 2.06. The highest BCUT2D eigenvalue weighted by atomic mass is 79.9. The normalized spacial score (nSPS) is 10.1. The maximum Gasteiger partial charge on any atom is 0.407 e. The summed E-state index contributed by atoms with van der Waals surface area (Å²) in [6.45, 7) is 0.636. The molecule has 1 heterocycles. The quantitative estimate of drug-likeness (QED) is 0.714. The van der Waals surface area contributed by atoms with Gasteiger partial charge in [-0.1, -0.05) is 41.7 Å². The first-order chi connectivity index (χ1) is 11.1. The van der Waals surface area contributed by atoms with Crippen molar-refractivity contribution in [2.75, 3.05) is 18.4 Å². The van der Waals surface area contributed by atoms with E-state index in [9.17, 15) is 9.59 Å². The van der Waals surface area contributed by atoms with Gasteiger partial charge in [0.25, 0.3) is 0 Å². The van der Waals surface area contributed by atoms with Crippen molar-refractivity contribution in [2.45, 2.75) is 13.0 Å². The van der Waals surface area contributed by atoms with E-state index in [4.69, 9.17) is 4.74 Å². The zero-order chi connectivity index (χ0) is 16.5. The lowest BCUT2D eigenvalue weighted by Crippen LogP contribution is -2.28. The summed E-state index contributed by atoms with van der Waals surface area (Å²) in [6, 6.07) is 9.40. The molecule has 0 saturated carbocycles. The highest BCUT2D eigenvalue weighted by Crippen LogP contribution is 2.22. The number of hydrogen-bond acceptors (Lipinski definition) is 6. The first-order valence-corrected chi connectivity index (χ1v) is 8.56. The minimum atomic E-state index is -0.529. The summed E-state index contributed by atoms with van der Waals surface area (Å²) in [4.78, 5) is 27.3. The molecule has 0 aliphatic carbocycles. The molecule has 1 amide bonds. The molecule has 0 aliphatic heterocycles. The van der Waals surface area contributed by atoms with Crippen molar-refractivity contribution in [2.24, 2.45) is 0 Å². The highest BCUT2D eigenvalue weighted by molar-refractivity contribution is 9.11. The van der Waals surface area contributed by atoms with Crippen LogP contribution in [0.4, 0.5) is 9.93 Å². The summed E-state index contributed by atoms with van der Waals surface area (Å²) in [6.07, 6.45) is 1.38. The van der Waals surface area contributed by atoms with Crippen LogP contribution in [-0.4, -0.2) is 29.9 Å². The average Bonchev–Trinajstić information content (AvgIpc) is 2.97. The Labute approximate surface area is 146 Å². The van der Waals surface area contributed by atoms with E-state index in [1.54, 1.807) is 6.20 Å². The van der Waals surface area contributed by atoms with Crippen LogP contribution in [0.1, 0.15) is 12.0 Å². The summed E-state index contributed by atoms with van der Waals surface area (Å²) in [5.41, 5.74) is 0.914. The van der Waals surface area contributed by atoms with Crippen molar-refractivity contribution in [1.82, 2.24) is 10.3 Å². The molecule has 0 saturated heterocycles. The molecule has 1 aromatic carbocycles. The Morgan fingerprint density at radius 3 is 2.74 bits per heavy atom. The monoisotopic (exact) mass is 397 g/mol. The van der Waals surface area contributed by atoms with Crippen LogP contribution in [0.25, 0.3) is 0 Å². The molecule has 0 atom stereocenters. The van der Waals surface area contributed by atoms with Crippen LogP contribution >= 0.6 is 27.3 Å². The fourth-order valence-corrected chi connectivity index (χ4v) is 2.78. The third-order valence-corrected chi connectivity index (χ3v) is 4.23. The predicted molar refractivity (Wildman–Crippen MR) is 92.6 cm³/mol. The maximum absolute atomic E-state index is 11.7. The number of ether oxygens (including phenoxy) is 1. The molecular weight excluding hydrogens is 382 g/mol. The van der Waals surface area contributed by atoms with Gasteiger partial charge in [0.15, 0.2) is 10.9 Å². The molecular formula is C15H16BrN3O3S. The largest absolute Gasteiger partial charge is 0.445 e. The minimum Gasteiger partial charge on any atom is -0.445 e. The number of nitrogens with zero attached hydrogens (tertiary/aromatic N) is 1. The Bertz CT molecular complexity index is 648. The first kappa shape index (κ1) is 17.4. The topological polar surface area (TPSA) is 80.3 Å². The van der Waals surface area contributed by atoms with Crippen molar-refractivity contribution in [3.8, 4) is 0 Å². The van der Waals surface area contributed by atoms with Gasteiger partial charge in [0, 0.05) is 13.0 Å². The summed E-state index contributed by atoms with van der Waals surface area (Å²) in [7, 11) is 0. The number of ketones is 1. The molecule has 2 rings (SSSR count). The molecule has 0 fully saturated rings. The van der Waals surface area contributed by atoms with Gasteiger partial charge in [-0.25, -0.2) is 9.78 Å². The van der Waals surface area contributed by atoms with Crippen molar-refractivity contribution in [3.63, 3.8) is 0 Å². The molecule has 0 bridgehead atoms. The van der Waals surface area contributed by atoms with Gasteiger partial charge in [0.2, 0.25) is 0 Å². The van der Waals surface area contributed by atoms with E-state index in [1.165, 1.54) is 11.3 Å². The van der Waals surface area contributed by atoms with E-state index >= 15 is 0 Å². The minimum absolute atomic E-state index is 0.0142. The standard InChI is InChI=1S/C15H16BrN3O3S/c16-13-9-19-14(23-13)18-8-12(20)6-7-17-15(21)22-10-11-4-2-1-3-5-11/h1-5,9H,6-8,10H2,(H,17,21)(H,18,19). The average molecular weight is 398 g/mol. The first-order valence-electron chi connectivity index (χ1n) is 6.95. The second-order valence-electron chi connectivity index (χ2n) is 4.60. The summed E-state index contributed by atoms with van der Waals surface area (Å²) < 4.78 is 5.95. The third-order valence-electron chi connectivity index (χ3n) is 2.80. The molecule has 6 nitrogen and oxygen atoms in total. The Morgan fingerprint density at radius 1 is 1.26 bits per heavy atom. The van der Waals surface area contributed by atoms with Crippen LogP contribution < -0.4 is 10.6 Å². The number of carbonyl (C=O) groups excluding carboxylic acids is 2. The number of thiazole rings is 1. The van der Waals surface area contributed by atoms with Gasteiger partial charge in [0.05, 0.1) is 16.5 Å². The van der Waals surface area contributed by atoms with Crippen LogP contribution in [0.2, 0.25) is 0 Å². The molecule has 8 heteroatoms. The van der Waals surface area contributed by atoms with Crippen molar-refractivity contribution < 1.29 is 14.3 Å². The fourth-order valence-electron chi connectivity index (χ4n) is 1.68. The van der Waals surface area contributed by atoms with Crippen LogP contribution in [-0.2, 0) is 16.1 Å². The van der Waals surface area contributed by atoms with Crippen LogP contribution in [0.15, 0.2) is 40.3 Å². The van der Waals surface area contributed by atoms with Gasteiger partial charge in [-0.3, -0.25) is 4.79 Å². The predicted octanol–water partition coefficient (Wildman–Crippen LogP) is 3.20. The molecule has 23 heavy (non-hydrogen) atoms. The molecule has 2 aromatic rings. The lowest BCUT2D eigenvalue weighted by molar-refractivity contribution is -0.117. The number of Topliss-reactive ketones (excluding diaryl/α,β-unsaturated/α-hetero) is 1. The smallest absolute Gasteiger partial charge is 0.407 e. The van der Waals surface area contributed by atoms with Gasteiger partial charge in [-0.2, -0.15) is 0 Å². The van der Waals surface area contributed by atoms with Gasteiger partial charge in [-0.05, 0) is 21.5 Å². The number of amides is 1. The zero-order valence-electron chi connectivity index (χ0n) is 12.3. The van der Waals surface area contributed by atoms with E-state index in [2.05, 4.69) is 31.5 Å². The second-order valence-corrected chi connectivity index (χ2v) is 7.01. The molecule has 0 spiro atoms. The Hall–Kier alpha value is -1.93. The molecule has 0 unspecified atom stereocenters. The summed E-state index contributed by atoms with van der Waals surface area (Å²) >= 11 is 4.71. The zero-order valence-corrected chi connectivity index (χ0v) is 14.7. The molecule has 2 N–H and O–H groups in total. The van der Waals surface area contributed by atoms with E-state index in [0.29, 0.717) is 5.13 Å². The number of halogens is 1. The van der Waals surface area contributed by atoms with E-state index in [1.807, 2.05) is 30.3 Å². The molecule has 0 radical (unpaired) electrons. The SMILES string of the molecule is O=C(CCNC(=O)OCc1ccccc1)CNc1ncc(Br)s1. The third kappa shape index (κ3) is 6.79. The lowest BCUT2D eigenvalue weighted by Gasteiger charge is -2.07. The number of aromatic nitrogens is 1. The maximum atomic E-state index is 11.7. The number of carbonyl (C=O) groups is 2. The Balaban J connectivity index is 1.56. The number of benzene rings is 1. The fraction of sp³-hybridized carbons (Fsp3) is 0.267. The van der Waals surface area contributed by atoms with Gasteiger partial charge >= 0.3 is 6.09 Å². The second kappa shape index (κ2) is 9.26. The number of rotatable bonds is 8. The number of nitrogens with one attached hydrogen (secondary N) is 2.